The summed E-state index contributed by atoms with van der Waals surface area (Å²) in [4.78, 5) is 14.4. The van der Waals surface area contributed by atoms with Crippen molar-refractivity contribution >= 4 is 22.7 Å². The molecule has 22 heavy (non-hydrogen) atoms. The number of nitrogens with zero attached hydrogens (tertiary/aromatic N) is 4. The lowest BCUT2D eigenvalue weighted by Crippen LogP contribution is -2.28. The first-order valence-electron chi connectivity index (χ1n) is 8.60. The Kier molecular flexibility index (Phi) is 4.76. The maximum absolute atomic E-state index is 4.95. The monoisotopic (exact) mass is 298 g/mol. The van der Waals surface area contributed by atoms with Crippen molar-refractivity contribution in [1.82, 2.24) is 9.97 Å². The van der Waals surface area contributed by atoms with E-state index in [0.717, 1.165) is 43.5 Å². The second kappa shape index (κ2) is 6.95. The number of hydrogen-bond donors (Lipinski definition) is 0. The van der Waals surface area contributed by atoms with Crippen LogP contribution in [0.5, 0.6) is 0 Å². The lowest BCUT2D eigenvalue weighted by Gasteiger charge is -2.26. The molecule has 0 bridgehead atoms. The van der Waals surface area contributed by atoms with Gasteiger partial charge in [0.15, 0.2) is 0 Å². The third-order valence-electron chi connectivity index (χ3n) is 4.52. The molecule has 0 spiro atoms. The van der Waals surface area contributed by atoms with Crippen LogP contribution in [0.4, 0.5) is 11.8 Å². The fourth-order valence-corrected chi connectivity index (χ4v) is 3.22. The van der Waals surface area contributed by atoms with Crippen LogP contribution in [0.15, 0.2) is 24.3 Å². The lowest BCUT2D eigenvalue weighted by molar-refractivity contribution is 0.726. The van der Waals surface area contributed by atoms with Crippen LogP contribution in [-0.4, -0.2) is 36.1 Å². The molecule has 2 aromatic rings. The lowest BCUT2D eigenvalue weighted by atomic mass is 10.2. The van der Waals surface area contributed by atoms with E-state index in [9.17, 15) is 0 Å². The van der Waals surface area contributed by atoms with Gasteiger partial charge in [0.05, 0.1) is 5.52 Å². The van der Waals surface area contributed by atoms with E-state index in [-0.39, 0.29) is 0 Å². The fourth-order valence-electron chi connectivity index (χ4n) is 3.22. The van der Waals surface area contributed by atoms with Gasteiger partial charge < -0.3 is 9.80 Å². The summed E-state index contributed by atoms with van der Waals surface area (Å²) < 4.78 is 0. The number of anilines is 2. The number of fused-ring (bicyclic) bond motifs is 1. The molecule has 4 nitrogen and oxygen atoms in total. The van der Waals surface area contributed by atoms with E-state index in [2.05, 4.69) is 47.9 Å². The quantitative estimate of drug-likeness (QED) is 0.858. The van der Waals surface area contributed by atoms with E-state index in [1.165, 1.54) is 31.1 Å². The SMILES string of the molecule is CCN(CC)c1nc(N2CCCCCC2)c2ccccc2n1. The van der Waals surface area contributed by atoms with Crippen LogP contribution in [0.25, 0.3) is 10.9 Å². The van der Waals surface area contributed by atoms with Crippen molar-refractivity contribution in [1.29, 1.82) is 0 Å². The second-order valence-corrected chi connectivity index (χ2v) is 5.94. The molecule has 118 valence electrons. The molecule has 1 saturated heterocycles. The summed E-state index contributed by atoms with van der Waals surface area (Å²) in [5.41, 5.74) is 1.05. The molecular weight excluding hydrogens is 272 g/mol. The van der Waals surface area contributed by atoms with Gasteiger partial charge in [-0.1, -0.05) is 25.0 Å². The van der Waals surface area contributed by atoms with Crippen molar-refractivity contribution in [3.05, 3.63) is 24.3 Å². The first-order chi connectivity index (χ1) is 10.8. The van der Waals surface area contributed by atoms with E-state index >= 15 is 0 Å². The van der Waals surface area contributed by atoms with E-state index in [1.807, 2.05) is 0 Å². The molecule has 4 heteroatoms. The van der Waals surface area contributed by atoms with Crippen molar-refractivity contribution in [3.63, 3.8) is 0 Å². The molecular formula is C18H26N4. The summed E-state index contributed by atoms with van der Waals surface area (Å²) in [6.45, 7) is 8.42. The van der Waals surface area contributed by atoms with Crippen LogP contribution >= 0.6 is 0 Å². The third-order valence-corrected chi connectivity index (χ3v) is 4.52. The number of para-hydroxylation sites is 1. The molecule has 1 fully saturated rings. The molecule has 0 saturated carbocycles. The zero-order valence-corrected chi connectivity index (χ0v) is 13.8. The minimum Gasteiger partial charge on any atom is -0.356 e. The molecule has 1 aromatic carbocycles. The number of rotatable bonds is 4. The van der Waals surface area contributed by atoms with Gasteiger partial charge in [-0.15, -0.1) is 0 Å². The zero-order valence-electron chi connectivity index (χ0n) is 13.8. The van der Waals surface area contributed by atoms with Gasteiger partial charge in [0.1, 0.15) is 5.82 Å². The number of benzene rings is 1. The maximum Gasteiger partial charge on any atom is 0.227 e. The third kappa shape index (κ3) is 3.01. The van der Waals surface area contributed by atoms with Crippen LogP contribution in [-0.2, 0) is 0 Å². The second-order valence-electron chi connectivity index (χ2n) is 5.94. The topological polar surface area (TPSA) is 32.3 Å². The standard InChI is InChI=1S/C18H26N4/c1-3-21(4-2)18-19-16-12-8-7-11-15(16)17(20-18)22-13-9-5-6-10-14-22/h7-8,11-12H,3-6,9-10,13-14H2,1-2H3. The Labute approximate surface area is 133 Å². The molecule has 0 radical (unpaired) electrons. The zero-order chi connectivity index (χ0) is 15.4. The van der Waals surface area contributed by atoms with Crippen molar-refractivity contribution < 1.29 is 0 Å². The van der Waals surface area contributed by atoms with Crippen molar-refractivity contribution in [2.75, 3.05) is 36.0 Å². The Bertz CT molecular complexity index is 614. The fraction of sp³-hybridized carbons (Fsp3) is 0.556. The Balaban J connectivity index is 2.09. The van der Waals surface area contributed by atoms with Crippen molar-refractivity contribution in [3.8, 4) is 0 Å². The average molecular weight is 298 g/mol. The molecule has 0 atom stereocenters. The van der Waals surface area contributed by atoms with E-state index < -0.39 is 0 Å². The maximum atomic E-state index is 4.95. The van der Waals surface area contributed by atoms with Gasteiger partial charge >= 0.3 is 0 Å². The summed E-state index contributed by atoms with van der Waals surface area (Å²) >= 11 is 0. The predicted molar refractivity (Wildman–Crippen MR) is 93.8 cm³/mol. The summed E-state index contributed by atoms with van der Waals surface area (Å²) in [6, 6.07) is 8.41. The van der Waals surface area contributed by atoms with Gasteiger partial charge in [-0.3, -0.25) is 0 Å². The Morgan fingerprint density at radius 1 is 0.955 bits per heavy atom. The highest BCUT2D eigenvalue weighted by atomic mass is 15.3. The van der Waals surface area contributed by atoms with Gasteiger partial charge in [0.2, 0.25) is 5.95 Å². The minimum absolute atomic E-state index is 0.864. The van der Waals surface area contributed by atoms with Crippen LogP contribution in [0.2, 0.25) is 0 Å². The van der Waals surface area contributed by atoms with Gasteiger partial charge in [-0.25, -0.2) is 4.98 Å². The smallest absolute Gasteiger partial charge is 0.227 e. The number of hydrogen-bond acceptors (Lipinski definition) is 4. The normalized spacial score (nSPS) is 15.8. The van der Waals surface area contributed by atoms with Crippen LogP contribution < -0.4 is 9.80 Å². The van der Waals surface area contributed by atoms with Gasteiger partial charge in [0.25, 0.3) is 0 Å². The molecule has 1 aliphatic heterocycles. The molecule has 1 aliphatic rings. The summed E-state index contributed by atoms with van der Waals surface area (Å²) in [5, 5.41) is 1.18. The average Bonchev–Trinajstić information content (AvgIpc) is 2.84. The predicted octanol–water partition coefficient (Wildman–Crippen LogP) is 3.86. The van der Waals surface area contributed by atoms with E-state index in [4.69, 9.17) is 9.97 Å². The molecule has 0 aliphatic carbocycles. The Morgan fingerprint density at radius 3 is 2.32 bits per heavy atom. The summed E-state index contributed by atoms with van der Waals surface area (Å²) in [7, 11) is 0. The highest BCUT2D eigenvalue weighted by Crippen LogP contribution is 2.28. The molecule has 0 N–H and O–H groups in total. The highest BCUT2D eigenvalue weighted by molar-refractivity contribution is 5.90. The first kappa shape index (κ1) is 15.1. The van der Waals surface area contributed by atoms with E-state index in [0.29, 0.717) is 0 Å². The van der Waals surface area contributed by atoms with Crippen LogP contribution in [0, 0.1) is 0 Å². The summed E-state index contributed by atoms with van der Waals surface area (Å²) in [5.74, 6) is 1.98. The Hall–Kier alpha value is -1.84. The molecule has 1 aromatic heterocycles. The molecule has 3 rings (SSSR count). The van der Waals surface area contributed by atoms with Crippen LogP contribution in [0.1, 0.15) is 39.5 Å². The molecule has 0 amide bonds. The minimum atomic E-state index is 0.864. The molecule has 0 unspecified atom stereocenters. The van der Waals surface area contributed by atoms with Gasteiger partial charge in [-0.2, -0.15) is 4.98 Å². The van der Waals surface area contributed by atoms with Gasteiger partial charge in [-0.05, 0) is 38.8 Å². The highest BCUT2D eigenvalue weighted by Gasteiger charge is 2.17. The summed E-state index contributed by atoms with van der Waals surface area (Å²) in [6.07, 6.45) is 5.20. The van der Waals surface area contributed by atoms with Crippen molar-refractivity contribution in [2.45, 2.75) is 39.5 Å². The first-order valence-corrected chi connectivity index (χ1v) is 8.60. The number of aromatic nitrogens is 2. The van der Waals surface area contributed by atoms with E-state index in [1.54, 1.807) is 0 Å². The van der Waals surface area contributed by atoms with Crippen LogP contribution in [0.3, 0.4) is 0 Å². The van der Waals surface area contributed by atoms with Crippen molar-refractivity contribution in [2.24, 2.45) is 0 Å². The Morgan fingerprint density at radius 2 is 1.64 bits per heavy atom. The molecule has 2 heterocycles. The van der Waals surface area contributed by atoms with Gasteiger partial charge in [0, 0.05) is 31.6 Å². The largest absolute Gasteiger partial charge is 0.356 e.